The lowest BCUT2D eigenvalue weighted by Gasteiger charge is -2.37. The van der Waals surface area contributed by atoms with Gasteiger partial charge in [0.25, 0.3) is 0 Å². The van der Waals surface area contributed by atoms with Gasteiger partial charge in [-0.15, -0.1) is 0 Å². The molecule has 0 aromatic carbocycles. The van der Waals surface area contributed by atoms with Crippen molar-refractivity contribution < 1.29 is 57.4 Å². The van der Waals surface area contributed by atoms with Gasteiger partial charge in [-0.05, 0) is 0 Å². The molecule has 0 bridgehead atoms. The number of nitrogens with zero attached hydrogens (tertiary/aromatic N) is 1. The lowest BCUT2D eigenvalue weighted by molar-refractivity contribution is 0.204. The van der Waals surface area contributed by atoms with E-state index in [1.165, 1.54) is 0 Å². The number of nitrogens with two attached hydrogens (primary N) is 1. The van der Waals surface area contributed by atoms with Crippen molar-refractivity contribution in [2.24, 2.45) is 5.73 Å². The predicted molar refractivity (Wildman–Crippen MR) is 71.5 cm³/mol. The van der Waals surface area contributed by atoms with Crippen LogP contribution in [0.15, 0.2) is 0 Å². The molecule has 0 radical (unpaired) electrons. The van der Waals surface area contributed by atoms with E-state index >= 15 is 0 Å². The average molecular weight is 408 g/mol. The van der Waals surface area contributed by atoms with Gasteiger partial charge in [0.15, 0.2) is 0 Å². The Morgan fingerprint density at radius 3 is 1.05 bits per heavy atom. The van der Waals surface area contributed by atoms with Crippen LogP contribution in [0.1, 0.15) is 0 Å². The molecule has 18 heteroatoms. The minimum absolute atomic E-state index is 0.330. The van der Waals surface area contributed by atoms with Crippen LogP contribution in [0.4, 0.5) is 0 Å². The Kier molecular flexibility index (Phi) is 7.35. The Bertz CT molecular complexity index is 476. The second-order valence-electron chi connectivity index (χ2n) is 4.08. The highest BCUT2D eigenvalue weighted by atomic mass is 31.2. The smallest absolute Gasteiger partial charge is 0.329 e. The van der Waals surface area contributed by atoms with Crippen molar-refractivity contribution in [3.63, 3.8) is 0 Å². The summed E-state index contributed by atoms with van der Waals surface area (Å²) in [5, 5.41) is 0. The van der Waals surface area contributed by atoms with Crippen molar-refractivity contribution in [2.45, 2.75) is 11.0 Å². The molecular formula is C4H16N2O12P4. The van der Waals surface area contributed by atoms with E-state index in [1.807, 2.05) is 0 Å². The van der Waals surface area contributed by atoms with Crippen LogP contribution in [-0.4, -0.2) is 68.2 Å². The molecule has 0 amide bonds. The number of rotatable bonds is 8. The summed E-state index contributed by atoms with van der Waals surface area (Å²) in [4.78, 5) is 71.8. The Hall–Kier alpha value is 0.520. The zero-order valence-electron chi connectivity index (χ0n) is 10.6. The zero-order chi connectivity index (χ0) is 18.1. The summed E-state index contributed by atoms with van der Waals surface area (Å²) in [6.45, 7) is -1.67. The molecule has 0 unspecified atom stereocenters. The van der Waals surface area contributed by atoms with Gasteiger partial charge in [-0.1, -0.05) is 0 Å². The maximum atomic E-state index is 11.3. The Morgan fingerprint density at radius 2 is 0.909 bits per heavy atom. The molecule has 0 rings (SSSR count). The molecule has 0 aromatic heterocycles. The molecule has 0 heterocycles. The average Bonchev–Trinajstić information content (AvgIpc) is 2.06. The first-order chi connectivity index (χ1) is 9.44. The summed E-state index contributed by atoms with van der Waals surface area (Å²) in [6.07, 6.45) is 0. The minimum atomic E-state index is -5.76. The van der Waals surface area contributed by atoms with Gasteiger partial charge in [0.1, 0.15) is 0 Å². The van der Waals surface area contributed by atoms with Gasteiger partial charge in [-0.3, -0.25) is 23.2 Å². The summed E-state index contributed by atoms with van der Waals surface area (Å²) in [5.74, 6) is 0. The molecule has 0 saturated carbocycles. The molecule has 0 fully saturated rings. The van der Waals surface area contributed by atoms with Gasteiger partial charge in [0.2, 0.25) is 11.0 Å². The highest BCUT2D eigenvalue weighted by Gasteiger charge is 2.58. The summed E-state index contributed by atoms with van der Waals surface area (Å²) >= 11 is 0. The van der Waals surface area contributed by atoms with Crippen molar-refractivity contribution in [1.29, 1.82) is 0 Å². The molecule has 14 nitrogen and oxygen atoms in total. The molecule has 10 N–H and O–H groups in total. The molecule has 0 atom stereocenters. The Labute approximate surface area is 123 Å². The molecule has 134 valence electrons. The van der Waals surface area contributed by atoms with E-state index in [0.29, 0.717) is 0 Å². The standard InChI is InChI=1S/C4H16N2O12P4/c5-1-2-6(3(19(7,8)9)20(10,11)12)4(21(13,14)15)22(16,17)18/h3-4H,1-2,5H2,(H2,7,8,9)(H2,10,11,12)(H2,13,14,15)(H2,16,17,18). The third-order valence-electron chi connectivity index (χ3n) is 2.18. The van der Waals surface area contributed by atoms with Crippen LogP contribution in [0.3, 0.4) is 0 Å². The van der Waals surface area contributed by atoms with Crippen molar-refractivity contribution in [2.75, 3.05) is 13.1 Å². The normalized spacial score (nSPS) is 15.1. The van der Waals surface area contributed by atoms with Crippen LogP contribution in [0, 0.1) is 0 Å². The zero-order valence-corrected chi connectivity index (χ0v) is 14.2. The SMILES string of the molecule is NCCN(C(P(=O)(O)O)P(=O)(O)O)C(P(=O)(O)O)P(=O)(O)O. The van der Waals surface area contributed by atoms with Gasteiger partial charge >= 0.3 is 30.4 Å². The fraction of sp³-hybridized carbons (Fsp3) is 1.00. The van der Waals surface area contributed by atoms with Crippen LogP contribution in [0.25, 0.3) is 0 Å². The van der Waals surface area contributed by atoms with E-state index in [0.717, 1.165) is 0 Å². The fourth-order valence-electron chi connectivity index (χ4n) is 1.66. The van der Waals surface area contributed by atoms with Crippen LogP contribution < -0.4 is 5.73 Å². The van der Waals surface area contributed by atoms with Gasteiger partial charge in [0, 0.05) is 13.1 Å². The molecule has 22 heavy (non-hydrogen) atoms. The van der Waals surface area contributed by atoms with Crippen LogP contribution in [-0.2, 0) is 18.3 Å². The second-order valence-corrected chi connectivity index (χ2v) is 11.6. The molecular weight excluding hydrogens is 392 g/mol. The maximum Gasteiger partial charge on any atom is 0.355 e. The van der Waals surface area contributed by atoms with E-state index in [9.17, 15) is 18.3 Å². The van der Waals surface area contributed by atoms with E-state index in [2.05, 4.69) is 0 Å². The van der Waals surface area contributed by atoms with Crippen LogP contribution >= 0.6 is 30.4 Å². The molecule has 0 aliphatic rings. The molecule has 0 aliphatic heterocycles. The van der Waals surface area contributed by atoms with Crippen LogP contribution in [0.2, 0.25) is 0 Å². The highest BCUT2D eigenvalue weighted by molar-refractivity contribution is 7.72. The van der Waals surface area contributed by atoms with Crippen molar-refractivity contribution >= 4 is 30.4 Å². The van der Waals surface area contributed by atoms with Gasteiger partial charge in [0.05, 0.1) is 0 Å². The van der Waals surface area contributed by atoms with Gasteiger partial charge < -0.3 is 44.9 Å². The monoisotopic (exact) mass is 408 g/mol. The van der Waals surface area contributed by atoms with E-state index < -0.39 is 54.5 Å². The Morgan fingerprint density at radius 1 is 0.682 bits per heavy atom. The van der Waals surface area contributed by atoms with Crippen molar-refractivity contribution in [1.82, 2.24) is 4.90 Å². The van der Waals surface area contributed by atoms with Crippen molar-refractivity contribution in [3.8, 4) is 0 Å². The number of hydrogen-bond acceptors (Lipinski definition) is 6. The second kappa shape index (κ2) is 7.18. The molecule has 0 aliphatic carbocycles. The van der Waals surface area contributed by atoms with E-state index in [1.54, 1.807) is 0 Å². The first-order valence-electron chi connectivity index (χ1n) is 5.10. The third kappa shape index (κ3) is 6.20. The lowest BCUT2D eigenvalue weighted by Crippen LogP contribution is -2.45. The predicted octanol–water partition coefficient (Wildman–Crippen LogP) is -2.47. The molecule has 0 saturated heterocycles. The highest BCUT2D eigenvalue weighted by Crippen LogP contribution is 2.68. The van der Waals surface area contributed by atoms with Crippen molar-refractivity contribution in [3.05, 3.63) is 0 Å². The van der Waals surface area contributed by atoms with Gasteiger partial charge in [-0.25, -0.2) is 0 Å². The Balaban J connectivity index is 6.39. The largest absolute Gasteiger partial charge is 0.355 e. The van der Waals surface area contributed by atoms with Gasteiger partial charge in [-0.2, -0.15) is 0 Å². The molecule has 0 spiro atoms. The fourth-order valence-corrected chi connectivity index (χ4v) is 7.76. The summed E-state index contributed by atoms with van der Waals surface area (Å²) in [7, 11) is -23.0. The topological polar surface area (TPSA) is 259 Å². The lowest BCUT2D eigenvalue weighted by atomic mass is 10.6. The first-order valence-corrected chi connectivity index (χ1v) is 11.8. The summed E-state index contributed by atoms with van der Waals surface area (Å²) in [6, 6.07) is 0. The minimum Gasteiger partial charge on any atom is -0.329 e. The molecule has 0 aromatic rings. The summed E-state index contributed by atoms with van der Waals surface area (Å²) < 4.78 is 45.1. The summed E-state index contributed by atoms with van der Waals surface area (Å²) in [5.41, 5.74) is -1.32. The van der Waals surface area contributed by atoms with E-state index in [-0.39, 0.29) is 4.90 Å². The van der Waals surface area contributed by atoms with E-state index in [4.69, 9.17) is 44.9 Å². The quantitative estimate of drug-likeness (QED) is 0.188. The third-order valence-corrected chi connectivity index (χ3v) is 9.39. The number of hydrogen-bond donors (Lipinski definition) is 9. The maximum absolute atomic E-state index is 11.3. The first kappa shape index (κ1) is 22.5. The van der Waals surface area contributed by atoms with Crippen LogP contribution in [0.5, 0.6) is 0 Å².